The van der Waals surface area contributed by atoms with Crippen LogP contribution >= 0.6 is 0 Å². The zero-order chi connectivity index (χ0) is 20.1. The molecule has 0 radical (unpaired) electrons. The van der Waals surface area contributed by atoms with E-state index in [9.17, 15) is 4.79 Å². The molecule has 27 heavy (non-hydrogen) atoms. The summed E-state index contributed by atoms with van der Waals surface area (Å²) in [6.45, 7) is 7.39. The Hall–Kier alpha value is -1.93. The molecule has 1 aliphatic heterocycles. The Kier molecular flexibility index (Phi) is 11.4. The number of nitrogens with one attached hydrogen (secondary N) is 1. The Balaban J connectivity index is 0.000000282. The molecule has 0 aliphatic carbocycles. The van der Waals surface area contributed by atoms with Crippen LogP contribution < -0.4 is 10.3 Å². The molecule has 1 fully saturated rings. The maximum Gasteiger partial charge on any atom is 0.248 e. The summed E-state index contributed by atoms with van der Waals surface area (Å²) < 4.78 is 10.4. The number of benzene rings is 1. The maximum atomic E-state index is 11.2. The standard InChI is InChI=1S/C13H15NO2.C5H10O4.C2H6/c1-2-3-8-16-11-6-4-10-5-7-13(15)14-12(10)9-11;6-4-2-1-3-8-5(4)9-7;1-2/h4-7,9H,2-3,8H2,1H3,(H,14,15);4-7H,1-3H2;1-2H3. The molecule has 2 aromatic rings. The van der Waals surface area contributed by atoms with Crippen LogP contribution in [0.2, 0.25) is 0 Å². The summed E-state index contributed by atoms with van der Waals surface area (Å²) in [4.78, 5) is 17.8. The molecule has 2 heterocycles. The molecule has 7 nitrogen and oxygen atoms in total. The number of aliphatic hydroxyl groups is 1. The molecule has 2 unspecified atom stereocenters. The highest BCUT2D eigenvalue weighted by Gasteiger charge is 2.24. The SMILES string of the molecule is CC.CCCCOc1ccc2ccc(=O)[nH]c2c1.OOC1OCCCC1O. The van der Waals surface area contributed by atoms with Crippen LogP contribution in [0.25, 0.3) is 10.9 Å². The zero-order valence-electron chi connectivity index (χ0n) is 16.3. The van der Waals surface area contributed by atoms with Gasteiger partial charge in [0.2, 0.25) is 11.8 Å². The van der Waals surface area contributed by atoms with Gasteiger partial charge in [-0.1, -0.05) is 27.2 Å². The molecule has 3 N–H and O–H groups in total. The van der Waals surface area contributed by atoms with Crippen LogP contribution in [0.4, 0.5) is 0 Å². The summed E-state index contributed by atoms with van der Waals surface area (Å²) >= 11 is 0. The van der Waals surface area contributed by atoms with Crippen molar-refractivity contribution in [1.82, 2.24) is 4.98 Å². The predicted octanol–water partition coefficient (Wildman–Crippen LogP) is 3.71. The van der Waals surface area contributed by atoms with E-state index in [4.69, 9.17) is 19.8 Å². The van der Waals surface area contributed by atoms with Crippen LogP contribution in [0.3, 0.4) is 0 Å². The van der Waals surface area contributed by atoms with Gasteiger partial charge < -0.3 is 19.6 Å². The summed E-state index contributed by atoms with van der Waals surface area (Å²) in [7, 11) is 0. The minimum Gasteiger partial charge on any atom is -0.494 e. The van der Waals surface area contributed by atoms with E-state index in [0.29, 0.717) is 13.0 Å². The van der Waals surface area contributed by atoms with Gasteiger partial charge in [0.15, 0.2) is 0 Å². The number of fused-ring (bicyclic) bond motifs is 1. The Morgan fingerprint density at radius 1 is 1.26 bits per heavy atom. The van der Waals surface area contributed by atoms with Crippen molar-refractivity contribution in [1.29, 1.82) is 0 Å². The summed E-state index contributed by atoms with van der Waals surface area (Å²) in [6.07, 6.45) is 2.10. The van der Waals surface area contributed by atoms with E-state index >= 15 is 0 Å². The third-order valence-electron chi connectivity index (χ3n) is 3.81. The number of aliphatic hydroxyl groups excluding tert-OH is 1. The molecule has 0 bridgehead atoms. The quantitative estimate of drug-likeness (QED) is 0.415. The van der Waals surface area contributed by atoms with Gasteiger partial charge in [0, 0.05) is 12.1 Å². The predicted molar refractivity (Wildman–Crippen MR) is 105 cm³/mol. The normalized spacial score (nSPS) is 18.7. The molecule has 0 saturated carbocycles. The molecule has 1 aromatic carbocycles. The fourth-order valence-corrected chi connectivity index (χ4v) is 2.39. The topological polar surface area (TPSA) is 101 Å². The number of H-pyrrole nitrogens is 1. The first-order chi connectivity index (χ1) is 13.1. The van der Waals surface area contributed by atoms with Gasteiger partial charge in [0.05, 0.1) is 18.7 Å². The van der Waals surface area contributed by atoms with Crippen molar-refractivity contribution >= 4 is 10.9 Å². The van der Waals surface area contributed by atoms with Crippen LogP contribution in [-0.2, 0) is 9.62 Å². The molecule has 0 amide bonds. The van der Waals surface area contributed by atoms with E-state index in [2.05, 4.69) is 16.8 Å². The number of ether oxygens (including phenoxy) is 2. The van der Waals surface area contributed by atoms with E-state index in [0.717, 1.165) is 42.5 Å². The summed E-state index contributed by atoms with van der Waals surface area (Å²) in [5, 5.41) is 18.1. The molecule has 1 aromatic heterocycles. The van der Waals surface area contributed by atoms with E-state index < -0.39 is 12.4 Å². The minimum absolute atomic E-state index is 0.0850. The highest BCUT2D eigenvalue weighted by Crippen LogP contribution is 2.18. The van der Waals surface area contributed by atoms with E-state index in [1.807, 2.05) is 38.1 Å². The Labute approximate surface area is 159 Å². The van der Waals surface area contributed by atoms with Crippen molar-refractivity contribution in [3.63, 3.8) is 0 Å². The highest BCUT2D eigenvalue weighted by molar-refractivity contribution is 5.79. The number of hydrogen-bond donors (Lipinski definition) is 3. The third kappa shape index (κ3) is 8.09. The largest absolute Gasteiger partial charge is 0.494 e. The van der Waals surface area contributed by atoms with Gasteiger partial charge in [-0.2, -0.15) is 0 Å². The second-order valence-electron chi connectivity index (χ2n) is 5.83. The summed E-state index contributed by atoms with van der Waals surface area (Å²) in [6, 6.07) is 9.08. The summed E-state index contributed by atoms with van der Waals surface area (Å²) in [5.74, 6) is 0.808. The van der Waals surface area contributed by atoms with Crippen molar-refractivity contribution in [2.45, 2.75) is 58.8 Å². The van der Waals surface area contributed by atoms with Crippen LogP contribution in [-0.4, -0.2) is 41.0 Å². The van der Waals surface area contributed by atoms with Gasteiger partial charge in [0.25, 0.3) is 0 Å². The number of rotatable bonds is 5. The van der Waals surface area contributed by atoms with Crippen molar-refractivity contribution in [3.8, 4) is 5.75 Å². The van der Waals surface area contributed by atoms with E-state index in [1.54, 1.807) is 0 Å². The molecule has 1 aliphatic rings. The average molecular weight is 381 g/mol. The van der Waals surface area contributed by atoms with Crippen molar-refractivity contribution < 1.29 is 24.7 Å². The molecule has 152 valence electrons. The van der Waals surface area contributed by atoms with Crippen molar-refractivity contribution in [3.05, 3.63) is 40.7 Å². The van der Waals surface area contributed by atoms with Crippen LogP contribution in [0.1, 0.15) is 46.5 Å². The lowest BCUT2D eigenvalue weighted by Crippen LogP contribution is -2.35. The maximum absolute atomic E-state index is 11.2. The lowest BCUT2D eigenvalue weighted by Gasteiger charge is -2.24. The number of aromatic nitrogens is 1. The van der Waals surface area contributed by atoms with Crippen LogP contribution in [0.15, 0.2) is 35.1 Å². The van der Waals surface area contributed by atoms with Gasteiger partial charge in [-0.05, 0) is 42.8 Å². The third-order valence-corrected chi connectivity index (χ3v) is 3.81. The smallest absolute Gasteiger partial charge is 0.248 e. The Morgan fingerprint density at radius 2 is 2.00 bits per heavy atom. The van der Waals surface area contributed by atoms with Crippen molar-refractivity contribution in [2.24, 2.45) is 0 Å². The second kappa shape index (κ2) is 13.3. The molecule has 7 heteroatoms. The monoisotopic (exact) mass is 381 g/mol. The van der Waals surface area contributed by atoms with Crippen LogP contribution in [0.5, 0.6) is 5.75 Å². The Bertz CT molecular complexity index is 702. The highest BCUT2D eigenvalue weighted by atomic mass is 17.1. The molecule has 0 spiro atoms. The van der Waals surface area contributed by atoms with Gasteiger partial charge in [-0.25, -0.2) is 10.1 Å². The van der Waals surface area contributed by atoms with E-state index in [1.165, 1.54) is 6.07 Å². The Morgan fingerprint density at radius 3 is 2.63 bits per heavy atom. The van der Waals surface area contributed by atoms with Gasteiger partial charge in [-0.3, -0.25) is 4.79 Å². The van der Waals surface area contributed by atoms with Gasteiger partial charge >= 0.3 is 0 Å². The number of aromatic amines is 1. The lowest BCUT2D eigenvalue weighted by atomic mass is 10.1. The van der Waals surface area contributed by atoms with Gasteiger partial charge in [-0.15, -0.1) is 0 Å². The summed E-state index contributed by atoms with van der Waals surface area (Å²) in [5.41, 5.74) is 0.736. The van der Waals surface area contributed by atoms with Gasteiger partial charge in [0.1, 0.15) is 11.9 Å². The number of hydrogen-bond acceptors (Lipinski definition) is 6. The lowest BCUT2D eigenvalue weighted by molar-refractivity contribution is -0.373. The van der Waals surface area contributed by atoms with Crippen LogP contribution in [0, 0.1) is 0 Å². The fraction of sp³-hybridized carbons (Fsp3) is 0.550. The molecular formula is C20H31NO6. The number of unbranched alkanes of at least 4 members (excludes halogenated alkanes) is 1. The molecular weight excluding hydrogens is 350 g/mol. The molecule has 2 atom stereocenters. The second-order valence-corrected chi connectivity index (χ2v) is 5.83. The first-order valence-corrected chi connectivity index (χ1v) is 9.50. The number of pyridine rings is 1. The first-order valence-electron chi connectivity index (χ1n) is 9.50. The molecule has 3 rings (SSSR count). The first kappa shape index (κ1) is 23.1. The van der Waals surface area contributed by atoms with E-state index in [-0.39, 0.29) is 5.56 Å². The fourth-order valence-electron chi connectivity index (χ4n) is 2.39. The average Bonchev–Trinajstić information content (AvgIpc) is 2.70. The zero-order valence-corrected chi connectivity index (χ0v) is 16.3. The van der Waals surface area contributed by atoms with Crippen molar-refractivity contribution in [2.75, 3.05) is 13.2 Å². The molecule has 1 saturated heterocycles. The minimum atomic E-state index is -0.834.